The summed E-state index contributed by atoms with van der Waals surface area (Å²) < 4.78 is 21.2. The van der Waals surface area contributed by atoms with Gasteiger partial charge in [-0.05, 0) is 84.6 Å². The van der Waals surface area contributed by atoms with Gasteiger partial charge in [-0.15, -0.1) is 0 Å². The molecule has 3 amide bonds. The molecule has 0 aromatic heterocycles. The number of esters is 2. The van der Waals surface area contributed by atoms with Crippen LogP contribution in [0.5, 0.6) is 0 Å². The minimum Gasteiger partial charge on any atom is -0.459 e. The van der Waals surface area contributed by atoms with Crippen LogP contribution in [0.15, 0.2) is 54.6 Å². The molecular weight excluding hydrogens is 582 g/mol. The second-order valence-electron chi connectivity index (χ2n) is 12.4. The molecular formula is C33H45N3O9. The Labute approximate surface area is 264 Å². The fraction of sp³-hybridized carbons (Fsp3) is 0.485. The van der Waals surface area contributed by atoms with Crippen LogP contribution in [0.2, 0.25) is 0 Å². The summed E-state index contributed by atoms with van der Waals surface area (Å²) in [4.78, 5) is 62.5. The van der Waals surface area contributed by atoms with Crippen LogP contribution in [0.3, 0.4) is 0 Å². The van der Waals surface area contributed by atoms with Crippen molar-refractivity contribution in [3.05, 3.63) is 71.3 Å². The Hall–Kier alpha value is -4.61. The number of ether oxygens (including phenoxy) is 4. The van der Waals surface area contributed by atoms with E-state index in [1.165, 1.54) is 6.92 Å². The lowest BCUT2D eigenvalue weighted by Crippen LogP contribution is -2.51. The average Bonchev–Trinajstić information content (AvgIpc) is 2.95. The monoisotopic (exact) mass is 627 g/mol. The van der Waals surface area contributed by atoms with Crippen LogP contribution in [0, 0.1) is 0 Å². The molecule has 2 atom stereocenters. The highest BCUT2D eigenvalue weighted by molar-refractivity contribution is 5.90. The number of carbonyl (C=O) groups excluding carboxylic acids is 5. The standard InChI is InChI=1S/C33H45N3O9/c1-22(35-31(41)43-21-23-12-9-8-10-13-23)27(37)36-26(14-11-19-34-30(40)45-33(5,6)7)29(39)42-20-24-15-17-25(18-16-24)28(38)44-32(2,3)4/h8-10,12-13,15-18,22,26H,11,14,19-21H2,1-7H3,(H,34,40)(H,35,41)(H,36,37)/t22-,26-/m0/s1. The van der Waals surface area contributed by atoms with Gasteiger partial charge in [0.1, 0.15) is 36.5 Å². The zero-order valence-corrected chi connectivity index (χ0v) is 27.1. The molecule has 12 nitrogen and oxygen atoms in total. The highest BCUT2D eigenvalue weighted by atomic mass is 16.6. The summed E-state index contributed by atoms with van der Waals surface area (Å²) in [5, 5.41) is 7.68. The van der Waals surface area contributed by atoms with E-state index in [0.29, 0.717) is 17.5 Å². The summed E-state index contributed by atoms with van der Waals surface area (Å²) in [6, 6.07) is 13.4. The molecule has 0 fully saturated rings. The lowest BCUT2D eigenvalue weighted by molar-refractivity contribution is -0.149. The Bertz CT molecular complexity index is 1280. The molecule has 45 heavy (non-hydrogen) atoms. The molecule has 0 heterocycles. The summed E-state index contributed by atoms with van der Waals surface area (Å²) in [5.41, 5.74) is 0.450. The van der Waals surface area contributed by atoms with Crippen molar-refractivity contribution in [3.63, 3.8) is 0 Å². The van der Waals surface area contributed by atoms with Crippen molar-refractivity contribution < 1.29 is 42.9 Å². The fourth-order valence-electron chi connectivity index (χ4n) is 3.69. The number of rotatable bonds is 13. The van der Waals surface area contributed by atoms with E-state index >= 15 is 0 Å². The molecule has 2 aromatic carbocycles. The first-order chi connectivity index (χ1) is 21.0. The van der Waals surface area contributed by atoms with E-state index in [1.54, 1.807) is 77.9 Å². The predicted octanol–water partition coefficient (Wildman–Crippen LogP) is 4.79. The van der Waals surface area contributed by atoms with Gasteiger partial charge >= 0.3 is 24.1 Å². The van der Waals surface area contributed by atoms with E-state index in [9.17, 15) is 24.0 Å². The molecule has 0 aliphatic heterocycles. The van der Waals surface area contributed by atoms with E-state index in [-0.39, 0.29) is 26.2 Å². The van der Waals surface area contributed by atoms with E-state index in [2.05, 4.69) is 16.0 Å². The van der Waals surface area contributed by atoms with Gasteiger partial charge in [-0.25, -0.2) is 19.2 Å². The Morgan fingerprint density at radius 3 is 1.89 bits per heavy atom. The quantitative estimate of drug-likeness (QED) is 0.161. The molecule has 0 spiro atoms. The molecule has 0 aliphatic carbocycles. The van der Waals surface area contributed by atoms with Crippen molar-refractivity contribution in [1.29, 1.82) is 0 Å². The third-order valence-electron chi connectivity index (χ3n) is 5.85. The maximum absolute atomic E-state index is 13.1. The highest BCUT2D eigenvalue weighted by Gasteiger charge is 2.26. The van der Waals surface area contributed by atoms with Crippen LogP contribution in [0.25, 0.3) is 0 Å². The molecule has 0 saturated carbocycles. The Morgan fingerprint density at radius 1 is 0.711 bits per heavy atom. The summed E-state index contributed by atoms with van der Waals surface area (Å²) in [5.74, 6) is -1.81. The number of carbonyl (C=O) groups is 5. The average molecular weight is 628 g/mol. The maximum Gasteiger partial charge on any atom is 0.408 e. The fourth-order valence-corrected chi connectivity index (χ4v) is 3.69. The van der Waals surface area contributed by atoms with Gasteiger partial charge in [-0.3, -0.25) is 4.79 Å². The summed E-state index contributed by atoms with van der Waals surface area (Å²) >= 11 is 0. The molecule has 12 heteroatoms. The molecule has 0 saturated heterocycles. The van der Waals surface area contributed by atoms with E-state index < -0.39 is 53.3 Å². The lowest BCUT2D eigenvalue weighted by Gasteiger charge is -2.22. The Balaban J connectivity index is 1.97. The summed E-state index contributed by atoms with van der Waals surface area (Å²) in [6.07, 6.45) is -0.960. The van der Waals surface area contributed by atoms with E-state index in [1.807, 2.05) is 18.2 Å². The van der Waals surface area contributed by atoms with Crippen molar-refractivity contribution in [2.24, 2.45) is 0 Å². The van der Waals surface area contributed by atoms with Crippen molar-refractivity contribution in [1.82, 2.24) is 16.0 Å². The van der Waals surface area contributed by atoms with Crippen LogP contribution in [-0.2, 0) is 41.8 Å². The number of amides is 3. The van der Waals surface area contributed by atoms with Crippen LogP contribution in [0.1, 0.15) is 82.8 Å². The highest BCUT2D eigenvalue weighted by Crippen LogP contribution is 2.14. The molecule has 2 rings (SSSR count). The number of hydrogen-bond donors (Lipinski definition) is 3. The predicted molar refractivity (Wildman–Crippen MR) is 166 cm³/mol. The maximum atomic E-state index is 13.1. The summed E-state index contributed by atoms with van der Waals surface area (Å²) in [6.45, 7) is 12.1. The van der Waals surface area contributed by atoms with Gasteiger partial charge < -0.3 is 34.9 Å². The second kappa shape index (κ2) is 17.0. The first kappa shape index (κ1) is 36.6. The molecule has 0 aliphatic rings. The minimum atomic E-state index is -1.08. The van der Waals surface area contributed by atoms with Gasteiger partial charge in [0.05, 0.1) is 5.56 Å². The van der Waals surface area contributed by atoms with E-state index in [4.69, 9.17) is 18.9 Å². The number of benzene rings is 2. The van der Waals surface area contributed by atoms with Crippen LogP contribution >= 0.6 is 0 Å². The van der Waals surface area contributed by atoms with Crippen LogP contribution in [0.4, 0.5) is 9.59 Å². The number of alkyl carbamates (subject to hydrolysis) is 2. The first-order valence-corrected chi connectivity index (χ1v) is 14.8. The normalized spacial score (nSPS) is 12.6. The van der Waals surface area contributed by atoms with Gasteiger partial charge in [-0.2, -0.15) is 0 Å². The molecule has 246 valence electrons. The number of hydrogen-bond acceptors (Lipinski definition) is 9. The first-order valence-electron chi connectivity index (χ1n) is 14.8. The van der Waals surface area contributed by atoms with Gasteiger partial charge in [0.25, 0.3) is 0 Å². The SMILES string of the molecule is C[C@H](NC(=O)OCc1ccccc1)C(=O)N[C@@H](CCCNC(=O)OC(C)(C)C)C(=O)OCc1ccc(C(=O)OC(C)(C)C)cc1. The lowest BCUT2D eigenvalue weighted by atomic mass is 10.1. The molecule has 0 unspecified atom stereocenters. The third kappa shape index (κ3) is 15.1. The zero-order valence-electron chi connectivity index (χ0n) is 27.1. The Morgan fingerprint density at radius 2 is 1.29 bits per heavy atom. The van der Waals surface area contributed by atoms with Crippen molar-refractivity contribution >= 4 is 30.0 Å². The largest absolute Gasteiger partial charge is 0.459 e. The smallest absolute Gasteiger partial charge is 0.408 e. The van der Waals surface area contributed by atoms with Crippen molar-refractivity contribution in [2.45, 2.75) is 97.8 Å². The molecule has 2 aromatic rings. The number of nitrogens with one attached hydrogen (secondary N) is 3. The molecule has 3 N–H and O–H groups in total. The van der Waals surface area contributed by atoms with Gasteiger partial charge in [0.15, 0.2) is 0 Å². The zero-order chi connectivity index (χ0) is 33.6. The molecule has 0 bridgehead atoms. The van der Waals surface area contributed by atoms with E-state index in [0.717, 1.165) is 5.56 Å². The van der Waals surface area contributed by atoms with Crippen LogP contribution < -0.4 is 16.0 Å². The van der Waals surface area contributed by atoms with Crippen molar-refractivity contribution in [3.8, 4) is 0 Å². The third-order valence-corrected chi connectivity index (χ3v) is 5.85. The summed E-state index contributed by atoms with van der Waals surface area (Å²) in [7, 11) is 0. The van der Waals surface area contributed by atoms with Gasteiger partial charge in [0, 0.05) is 6.54 Å². The van der Waals surface area contributed by atoms with Crippen molar-refractivity contribution in [2.75, 3.05) is 6.54 Å². The van der Waals surface area contributed by atoms with Gasteiger partial charge in [-0.1, -0.05) is 42.5 Å². The molecule has 0 radical (unpaired) electrons. The second-order valence-corrected chi connectivity index (χ2v) is 12.4. The van der Waals surface area contributed by atoms with Gasteiger partial charge in [0.2, 0.25) is 5.91 Å². The Kier molecular flexibility index (Phi) is 13.8. The minimum absolute atomic E-state index is 0.0271. The van der Waals surface area contributed by atoms with Crippen LogP contribution in [-0.4, -0.2) is 59.9 Å². The topological polar surface area (TPSA) is 158 Å².